The van der Waals surface area contributed by atoms with Crippen LogP contribution in [-0.2, 0) is 0 Å². The molecular formula is C7H11ClN2O2. The van der Waals surface area contributed by atoms with Crippen molar-refractivity contribution in [1.82, 2.24) is 10.1 Å². The average Bonchev–Trinajstić information content (AvgIpc) is 2.52. The summed E-state index contributed by atoms with van der Waals surface area (Å²) in [6, 6.07) is 0. The third kappa shape index (κ3) is 2.11. The summed E-state index contributed by atoms with van der Waals surface area (Å²) < 4.78 is 9.74. The van der Waals surface area contributed by atoms with Crippen LogP contribution in [0.4, 0.5) is 0 Å². The molecular weight excluding hydrogens is 180 g/mol. The first-order valence-corrected chi connectivity index (χ1v) is 4.32. The van der Waals surface area contributed by atoms with Crippen LogP contribution >= 0.6 is 11.6 Å². The molecule has 1 unspecified atom stereocenters. The lowest BCUT2D eigenvalue weighted by Crippen LogP contribution is -1.93. The van der Waals surface area contributed by atoms with Crippen LogP contribution in [0.25, 0.3) is 0 Å². The molecule has 4 nitrogen and oxygen atoms in total. The van der Waals surface area contributed by atoms with Crippen molar-refractivity contribution in [3.63, 3.8) is 0 Å². The maximum Gasteiger partial charge on any atom is 0.417 e. The van der Waals surface area contributed by atoms with Crippen molar-refractivity contribution < 1.29 is 9.26 Å². The number of aromatic nitrogens is 2. The first kappa shape index (κ1) is 9.32. The first-order chi connectivity index (χ1) is 5.77. The van der Waals surface area contributed by atoms with E-state index in [0.717, 1.165) is 6.42 Å². The highest BCUT2D eigenvalue weighted by Gasteiger charge is 2.13. The van der Waals surface area contributed by atoms with E-state index in [1.165, 1.54) is 0 Å². The second-order valence-corrected chi connectivity index (χ2v) is 2.75. The van der Waals surface area contributed by atoms with Gasteiger partial charge in [-0.3, -0.25) is 4.52 Å². The molecule has 0 saturated carbocycles. The molecule has 0 saturated heterocycles. The zero-order valence-electron chi connectivity index (χ0n) is 7.08. The Labute approximate surface area is 75.9 Å². The number of rotatable bonds is 4. The molecule has 1 rings (SSSR count). The van der Waals surface area contributed by atoms with Crippen LogP contribution in [0, 0.1) is 0 Å². The van der Waals surface area contributed by atoms with E-state index in [1.54, 1.807) is 0 Å². The van der Waals surface area contributed by atoms with E-state index in [2.05, 4.69) is 10.1 Å². The summed E-state index contributed by atoms with van der Waals surface area (Å²) in [4.78, 5) is 3.94. The fraction of sp³-hybridized carbons (Fsp3) is 0.714. The predicted molar refractivity (Wildman–Crippen MR) is 44.4 cm³/mol. The average molecular weight is 191 g/mol. The number of hydrogen-bond donors (Lipinski definition) is 0. The van der Waals surface area contributed by atoms with Gasteiger partial charge < -0.3 is 4.74 Å². The molecule has 0 aliphatic rings. The maximum atomic E-state index is 5.86. The summed E-state index contributed by atoms with van der Waals surface area (Å²) in [6.07, 6.45) is 0.957. The summed E-state index contributed by atoms with van der Waals surface area (Å²) in [6.45, 7) is 4.32. The van der Waals surface area contributed by atoms with Gasteiger partial charge in [0.15, 0.2) is 5.82 Å². The van der Waals surface area contributed by atoms with E-state index >= 15 is 0 Å². The van der Waals surface area contributed by atoms with E-state index < -0.39 is 0 Å². The predicted octanol–water partition coefficient (Wildman–Crippen LogP) is 2.16. The fourth-order valence-electron chi connectivity index (χ4n) is 0.712. The molecule has 0 bridgehead atoms. The number of alkyl halides is 1. The van der Waals surface area contributed by atoms with E-state index in [9.17, 15) is 0 Å². The Morgan fingerprint density at radius 2 is 2.33 bits per heavy atom. The van der Waals surface area contributed by atoms with Gasteiger partial charge >= 0.3 is 6.08 Å². The smallest absolute Gasteiger partial charge is 0.417 e. The van der Waals surface area contributed by atoms with Gasteiger partial charge in [0.1, 0.15) is 0 Å². The lowest BCUT2D eigenvalue weighted by molar-refractivity contribution is 0.215. The van der Waals surface area contributed by atoms with Gasteiger partial charge in [-0.05, 0) is 13.3 Å². The number of halogens is 1. The van der Waals surface area contributed by atoms with Crippen LogP contribution in [0.3, 0.4) is 0 Å². The summed E-state index contributed by atoms with van der Waals surface area (Å²) in [5, 5.41) is 3.47. The molecule has 1 atom stereocenters. The van der Waals surface area contributed by atoms with Crippen LogP contribution in [0.1, 0.15) is 31.5 Å². The highest BCUT2D eigenvalue weighted by atomic mass is 35.5. The van der Waals surface area contributed by atoms with Crippen LogP contribution in [-0.4, -0.2) is 16.7 Å². The molecule has 0 aliphatic heterocycles. The summed E-state index contributed by atoms with van der Waals surface area (Å²) >= 11 is 5.86. The van der Waals surface area contributed by atoms with Gasteiger partial charge in [-0.25, -0.2) is 0 Å². The fourth-order valence-corrected chi connectivity index (χ4v) is 0.801. The highest BCUT2D eigenvalue weighted by molar-refractivity contribution is 6.20. The third-order valence-electron chi connectivity index (χ3n) is 1.33. The molecule has 0 amide bonds. The third-order valence-corrected chi connectivity index (χ3v) is 1.83. The minimum atomic E-state index is -0.192. The zero-order chi connectivity index (χ0) is 8.97. The Morgan fingerprint density at radius 1 is 1.58 bits per heavy atom. The molecule has 0 aromatic carbocycles. The largest absolute Gasteiger partial charge is 0.449 e. The number of nitrogens with zero attached hydrogens (tertiary/aromatic N) is 2. The molecule has 0 fully saturated rings. The lowest BCUT2D eigenvalue weighted by Gasteiger charge is -1.95. The maximum absolute atomic E-state index is 5.86. The van der Waals surface area contributed by atoms with E-state index in [1.807, 2.05) is 13.8 Å². The van der Waals surface area contributed by atoms with E-state index in [-0.39, 0.29) is 11.5 Å². The zero-order valence-corrected chi connectivity index (χ0v) is 7.84. The Kier molecular flexibility index (Phi) is 3.34. The Bertz CT molecular complexity index is 239. The van der Waals surface area contributed by atoms with Gasteiger partial charge in [-0.2, -0.15) is 4.98 Å². The Morgan fingerprint density at radius 3 is 2.92 bits per heavy atom. The molecule has 0 aliphatic carbocycles. The molecule has 1 aromatic heterocycles. The van der Waals surface area contributed by atoms with Crippen molar-refractivity contribution in [2.45, 2.75) is 25.6 Å². The molecule has 1 heterocycles. The normalized spacial score (nSPS) is 12.9. The van der Waals surface area contributed by atoms with Gasteiger partial charge in [-0.15, -0.1) is 11.6 Å². The van der Waals surface area contributed by atoms with E-state index in [0.29, 0.717) is 12.4 Å². The van der Waals surface area contributed by atoms with Crippen molar-refractivity contribution in [2.75, 3.05) is 6.61 Å². The molecule has 0 radical (unpaired) electrons. The standard InChI is InChI=1S/C7H11ClN2O2/c1-3-5(8)6-9-7(11-4-2)12-10-6/h5H,3-4H2,1-2H3. The van der Waals surface area contributed by atoms with Gasteiger partial charge in [0.05, 0.1) is 12.0 Å². The summed E-state index contributed by atoms with van der Waals surface area (Å²) in [5.41, 5.74) is 0. The van der Waals surface area contributed by atoms with Crippen LogP contribution in [0.2, 0.25) is 0 Å². The topological polar surface area (TPSA) is 48.2 Å². The Balaban J connectivity index is 2.63. The second kappa shape index (κ2) is 4.30. The van der Waals surface area contributed by atoms with Crippen LogP contribution in [0.15, 0.2) is 4.52 Å². The van der Waals surface area contributed by atoms with E-state index in [4.69, 9.17) is 20.9 Å². The van der Waals surface area contributed by atoms with Crippen molar-refractivity contribution in [2.24, 2.45) is 0 Å². The molecule has 5 heteroatoms. The lowest BCUT2D eigenvalue weighted by atomic mass is 10.3. The van der Waals surface area contributed by atoms with Crippen molar-refractivity contribution in [1.29, 1.82) is 0 Å². The van der Waals surface area contributed by atoms with Gasteiger partial charge in [0.2, 0.25) is 0 Å². The number of ether oxygens (including phenoxy) is 1. The molecule has 0 spiro atoms. The molecule has 68 valence electrons. The second-order valence-electron chi connectivity index (χ2n) is 2.23. The van der Waals surface area contributed by atoms with Gasteiger partial charge in [0, 0.05) is 0 Å². The quantitative estimate of drug-likeness (QED) is 0.683. The SMILES string of the molecule is CCOc1nc(C(Cl)CC)no1. The molecule has 1 aromatic rings. The Hall–Kier alpha value is -0.770. The summed E-state index contributed by atoms with van der Waals surface area (Å²) in [5.74, 6) is 0.489. The summed E-state index contributed by atoms with van der Waals surface area (Å²) in [7, 11) is 0. The van der Waals surface area contributed by atoms with Crippen molar-refractivity contribution in [3.05, 3.63) is 5.82 Å². The molecule has 12 heavy (non-hydrogen) atoms. The van der Waals surface area contributed by atoms with Crippen LogP contribution in [0.5, 0.6) is 6.08 Å². The van der Waals surface area contributed by atoms with Gasteiger partial charge in [0.25, 0.3) is 0 Å². The monoisotopic (exact) mass is 190 g/mol. The minimum absolute atomic E-state index is 0.187. The van der Waals surface area contributed by atoms with Crippen molar-refractivity contribution >= 4 is 11.6 Å². The number of hydrogen-bond acceptors (Lipinski definition) is 4. The minimum Gasteiger partial charge on any atom is -0.449 e. The van der Waals surface area contributed by atoms with Crippen LogP contribution < -0.4 is 4.74 Å². The highest BCUT2D eigenvalue weighted by Crippen LogP contribution is 2.22. The molecule has 0 N–H and O–H groups in total. The first-order valence-electron chi connectivity index (χ1n) is 3.88. The van der Waals surface area contributed by atoms with Crippen molar-refractivity contribution in [3.8, 4) is 6.08 Å². The van der Waals surface area contributed by atoms with Gasteiger partial charge in [-0.1, -0.05) is 12.1 Å².